The first-order chi connectivity index (χ1) is 10.5. The number of amides is 2. The van der Waals surface area contributed by atoms with Gasteiger partial charge in [0.1, 0.15) is 17.3 Å². The fourth-order valence-corrected chi connectivity index (χ4v) is 1.92. The predicted molar refractivity (Wildman–Crippen MR) is 86.4 cm³/mol. The van der Waals surface area contributed by atoms with Gasteiger partial charge in [-0.1, -0.05) is 0 Å². The molecule has 0 saturated carbocycles. The van der Waals surface area contributed by atoms with Crippen LogP contribution < -0.4 is 10.6 Å². The third-order valence-corrected chi connectivity index (χ3v) is 2.87. The molecule has 7 heteroatoms. The van der Waals surface area contributed by atoms with Gasteiger partial charge in [0.15, 0.2) is 0 Å². The molecule has 1 aliphatic heterocycles. The van der Waals surface area contributed by atoms with Gasteiger partial charge < -0.3 is 24.8 Å². The van der Waals surface area contributed by atoms with Crippen molar-refractivity contribution in [1.29, 1.82) is 0 Å². The molecule has 2 unspecified atom stereocenters. The van der Waals surface area contributed by atoms with E-state index in [2.05, 4.69) is 10.6 Å². The topological polar surface area (TPSA) is 89.2 Å². The highest BCUT2D eigenvalue weighted by atomic mass is 16.6. The van der Waals surface area contributed by atoms with Crippen LogP contribution in [0.1, 0.15) is 54.4 Å². The minimum atomic E-state index is -0.530. The van der Waals surface area contributed by atoms with Crippen LogP contribution >= 0.6 is 0 Å². The number of rotatable bonds is 6. The number of hydrogen-bond acceptors (Lipinski definition) is 5. The van der Waals surface area contributed by atoms with E-state index in [0.29, 0.717) is 26.0 Å². The number of carbonyl (C=O) groups excluding carboxylic acids is 2. The summed E-state index contributed by atoms with van der Waals surface area (Å²) in [5.41, 5.74) is -1.04. The average Bonchev–Trinajstić information content (AvgIpc) is 3.12. The van der Waals surface area contributed by atoms with Gasteiger partial charge in [0, 0.05) is 6.54 Å². The lowest BCUT2D eigenvalue weighted by molar-refractivity contribution is 0.0480. The SMILES string of the molecule is CC(C)(C)OC(=O)NCCCC(NC(=O)OC(C)(C)C)C1CO1. The van der Waals surface area contributed by atoms with Crippen LogP contribution in [0.4, 0.5) is 9.59 Å². The first-order valence-electron chi connectivity index (χ1n) is 8.04. The summed E-state index contributed by atoms with van der Waals surface area (Å²) in [6, 6.07) is -0.106. The normalized spacial score (nSPS) is 18.8. The van der Waals surface area contributed by atoms with Crippen molar-refractivity contribution in [3.63, 3.8) is 0 Å². The van der Waals surface area contributed by atoms with Crippen molar-refractivity contribution < 1.29 is 23.8 Å². The standard InChI is InChI=1S/C16H30N2O5/c1-15(2,3)22-13(19)17-9-7-8-11(12-10-21-12)18-14(20)23-16(4,5)6/h11-12H,7-10H2,1-6H3,(H,17,19)(H,18,20). The summed E-state index contributed by atoms with van der Waals surface area (Å²) in [4.78, 5) is 23.4. The lowest BCUT2D eigenvalue weighted by Crippen LogP contribution is -2.42. The van der Waals surface area contributed by atoms with E-state index in [1.54, 1.807) is 0 Å². The fourth-order valence-electron chi connectivity index (χ4n) is 1.92. The predicted octanol–water partition coefficient (Wildman–Crippen LogP) is 2.58. The minimum absolute atomic E-state index is 0.0315. The zero-order valence-corrected chi connectivity index (χ0v) is 15.0. The van der Waals surface area contributed by atoms with Crippen LogP contribution in [0, 0.1) is 0 Å². The lowest BCUT2D eigenvalue weighted by atomic mass is 10.1. The second-order valence-corrected chi connectivity index (χ2v) is 7.70. The summed E-state index contributed by atoms with van der Waals surface area (Å²) >= 11 is 0. The van der Waals surface area contributed by atoms with E-state index in [9.17, 15) is 9.59 Å². The van der Waals surface area contributed by atoms with Gasteiger partial charge in [-0.15, -0.1) is 0 Å². The number of alkyl carbamates (subject to hydrolysis) is 2. The summed E-state index contributed by atoms with van der Waals surface area (Å²) < 4.78 is 15.7. The zero-order valence-electron chi connectivity index (χ0n) is 15.0. The van der Waals surface area contributed by atoms with E-state index >= 15 is 0 Å². The first-order valence-corrected chi connectivity index (χ1v) is 8.04. The largest absolute Gasteiger partial charge is 0.444 e. The Morgan fingerprint density at radius 2 is 1.61 bits per heavy atom. The van der Waals surface area contributed by atoms with E-state index in [-0.39, 0.29) is 12.1 Å². The Morgan fingerprint density at radius 1 is 1.09 bits per heavy atom. The van der Waals surface area contributed by atoms with Crippen molar-refractivity contribution >= 4 is 12.2 Å². The highest BCUT2D eigenvalue weighted by Gasteiger charge is 2.34. The Morgan fingerprint density at radius 3 is 2.09 bits per heavy atom. The van der Waals surface area contributed by atoms with Crippen LogP contribution in [0.25, 0.3) is 0 Å². The highest BCUT2D eigenvalue weighted by molar-refractivity contribution is 5.68. The van der Waals surface area contributed by atoms with Crippen molar-refractivity contribution in [2.45, 2.75) is 77.7 Å². The van der Waals surface area contributed by atoms with Crippen LogP contribution in [0.2, 0.25) is 0 Å². The number of nitrogens with one attached hydrogen (secondary N) is 2. The third-order valence-electron chi connectivity index (χ3n) is 2.87. The van der Waals surface area contributed by atoms with Gasteiger partial charge in [0.05, 0.1) is 12.6 Å². The van der Waals surface area contributed by atoms with Gasteiger partial charge in [-0.3, -0.25) is 0 Å². The van der Waals surface area contributed by atoms with Crippen molar-refractivity contribution in [2.24, 2.45) is 0 Å². The number of ether oxygens (including phenoxy) is 3. The molecule has 134 valence electrons. The second-order valence-electron chi connectivity index (χ2n) is 7.70. The molecule has 0 aliphatic carbocycles. The molecule has 0 bridgehead atoms. The highest BCUT2D eigenvalue weighted by Crippen LogP contribution is 2.18. The summed E-state index contributed by atoms with van der Waals surface area (Å²) in [7, 11) is 0. The van der Waals surface area contributed by atoms with E-state index in [4.69, 9.17) is 14.2 Å². The number of carbonyl (C=O) groups is 2. The second kappa shape index (κ2) is 7.86. The van der Waals surface area contributed by atoms with Crippen molar-refractivity contribution in [3.05, 3.63) is 0 Å². The molecule has 0 aromatic carbocycles. The average molecular weight is 330 g/mol. The Labute approximate surface area is 138 Å². The van der Waals surface area contributed by atoms with Gasteiger partial charge in [-0.2, -0.15) is 0 Å². The first kappa shape index (κ1) is 19.5. The molecule has 0 aromatic rings. The summed E-state index contributed by atoms with van der Waals surface area (Å²) in [6.07, 6.45) is 0.554. The lowest BCUT2D eigenvalue weighted by Gasteiger charge is -2.23. The van der Waals surface area contributed by atoms with Gasteiger partial charge in [0.2, 0.25) is 0 Å². The molecule has 1 heterocycles. The molecule has 1 rings (SSSR count). The maximum Gasteiger partial charge on any atom is 0.407 e. The Bertz CT molecular complexity index is 408. The molecule has 0 radical (unpaired) electrons. The van der Waals surface area contributed by atoms with Crippen LogP contribution in [0.15, 0.2) is 0 Å². The summed E-state index contributed by atoms with van der Waals surface area (Å²) in [5, 5.41) is 5.53. The molecular formula is C16H30N2O5. The number of epoxide rings is 1. The minimum Gasteiger partial charge on any atom is -0.444 e. The van der Waals surface area contributed by atoms with Crippen molar-refractivity contribution in [1.82, 2.24) is 10.6 Å². The molecule has 1 fully saturated rings. The summed E-state index contributed by atoms with van der Waals surface area (Å²) in [5.74, 6) is 0. The Balaban J connectivity index is 2.27. The molecule has 2 N–H and O–H groups in total. The quantitative estimate of drug-likeness (QED) is 0.577. The van der Waals surface area contributed by atoms with Crippen LogP contribution in [0.3, 0.4) is 0 Å². The van der Waals surface area contributed by atoms with Gasteiger partial charge >= 0.3 is 12.2 Å². The molecular weight excluding hydrogens is 300 g/mol. The van der Waals surface area contributed by atoms with E-state index in [1.165, 1.54) is 0 Å². The zero-order chi connectivity index (χ0) is 17.7. The fraction of sp³-hybridized carbons (Fsp3) is 0.875. The van der Waals surface area contributed by atoms with E-state index in [1.807, 2.05) is 41.5 Å². The molecule has 1 saturated heterocycles. The van der Waals surface area contributed by atoms with Gasteiger partial charge in [-0.25, -0.2) is 9.59 Å². The van der Waals surface area contributed by atoms with Crippen LogP contribution in [-0.4, -0.2) is 48.7 Å². The molecule has 7 nitrogen and oxygen atoms in total. The van der Waals surface area contributed by atoms with Crippen molar-refractivity contribution in [3.8, 4) is 0 Å². The van der Waals surface area contributed by atoms with Crippen LogP contribution in [0.5, 0.6) is 0 Å². The van der Waals surface area contributed by atoms with E-state index < -0.39 is 23.4 Å². The molecule has 23 heavy (non-hydrogen) atoms. The maximum atomic E-state index is 11.8. The maximum absolute atomic E-state index is 11.8. The van der Waals surface area contributed by atoms with Crippen molar-refractivity contribution in [2.75, 3.05) is 13.2 Å². The number of hydrogen-bond donors (Lipinski definition) is 2. The molecule has 1 aliphatic rings. The van der Waals surface area contributed by atoms with Gasteiger partial charge in [-0.05, 0) is 54.4 Å². The monoisotopic (exact) mass is 330 g/mol. The Hall–Kier alpha value is -1.50. The Kier molecular flexibility index (Phi) is 6.68. The molecule has 0 spiro atoms. The summed E-state index contributed by atoms with van der Waals surface area (Å²) in [6.45, 7) is 12.0. The van der Waals surface area contributed by atoms with Gasteiger partial charge in [0.25, 0.3) is 0 Å². The van der Waals surface area contributed by atoms with E-state index in [0.717, 1.165) is 0 Å². The molecule has 2 amide bonds. The smallest absolute Gasteiger partial charge is 0.407 e. The molecule has 2 atom stereocenters. The van der Waals surface area contributed by atoms with Crippen LogP contribution in [-0.2, 0) is 14.2 Å². The molecule has 0 aromatic heterocycles. The third kappa shape index (κ3) is 9.99.